The number of Topliss-reactive ketones (excluding diaryl/α,β-unsaturated/α-hetero) is 1. The monoisotopic (exact) mass is 426 g/mol. The van der Waals surface area contributed by atoms with Gasteiger partial charge in [0, 0.05) is 29.7 Å². The molecule has 4 fully saturated rings. The van der Waals surface area contributed by atoms with Crippen LogP contribution in [0.25, 0.3) is 0 Å². The van der Waals surface area contributed by atoms with Crippen LogP contribution in [0.4, 0.5) is 11.4 Å². The van der Waals surface area contributed by atoms with E-state index < -0.39 is 11.0 Å². The van der Waals surface area contributed by atoms with Gasteiger partial charge in [-0.15, -0.1) is 0 Å². The van der Waals surface area contributed by atoms with Crippen molar-refractivity contribution in [2.75, 3.05) is 5.32 Å². The summed E-state index contributed by atoms with van der Waals surface area (Å²) in [5.74, 6) is 2.79. The number of nitro benzene ring substituents is 1. The smallest absolute Gasteiger partial charge is 0.269 e. The topological polar surface area (TPSA) is 92.5 Å². The first-order valence-electron chi connectivity index (χ1n) is 11.9. The van der Waals surface area contributed by atoms with Crippen molar-refractivity contribution in [3.8, 4) is 0 Å². The number of nitro groups is 1. The number of anilines is 1. The van der Waals surface area contributed by atoms with E-state index in [2.05, 4.69) is 19.2 Å². The third-order valence-electron chi connectivity index (χ3n) is 9.85. The first kappa shape index (κ1) is 20.9. The molecule has 8 atom stereocenters. The summed E-state index contributed by atoms with van der Waals surface area (Å²) in [6.07, 6.45) is 7.62. The number of hydrogen-bond acceptors (Lipinski definition) is 5. The zero-order chi connectivity index (χ0) is 22.0. The van der Waals surface area contributed by atoms with Crippen LogP contribution in [0, 0.1) is 44.6 Å². The molecule has 2 N–H and O–H groups in total. The van der Waals surface area contributed by atoms with Gasteiger partial charge in [-0.2, -0.15) is 0 Å². The van der Waals surface area contributed by atoms with Crippen molar-refractivity contribution >= 4 is 17.2 Å². The molecule has 6 nitrogen and oxygen atoms in total. The molecule has 168 valence electrons. The van der Waals surface area contributed by atoms with Crippen LogP contribution in [-0.4, -0.2) is 28.0 Å². The summed E-state index contributed by atoms with van der Waals surface area (Å²) < 4.78 is 0. The Morgan fingerprint density at radius 3 is 2.55 bits per heavy atom. The number of aliphatic hydroxyl groups excluding tert-OH is 1. The molecule has 31 heavy (non-hydrogen) atoms. The number of non-ortho nitro benzene ring substituents is 1. The van der Waals surface area contributed by atoms with E-state index in [4.69, 9.17) is 0 Å². The van der Waals surface area contributed by atoms with Crippen molar-refractivity contribution in [3.05, 3.63) is 34.4 Å². The normalized spacial score (nSPS) is 44.2. The Hall–Kier alpha value is -1.95. The van der Waals surface area contributed by atoms with Gasteiger partial charge in [0.05, 0.1) is 17.1 Å². The van der Waals surface area contributed by atoms with Gasteiger partial charge in [-0.1, -0.05) is 13.8 Å². The molecule has 6 heteroatoms. The summed E-state index contributed by atoms with van der Waals surface area (Å²) in [6, 6.07) is 6.44. The SMILES string of the molecule is C[C@]12C[C@H](Nc3ccc([N+](=O)[O-])cc3)[C@@H](O)C[C@@H]1CC[C@@H]1[C@@H]2CC[C@]2(C)C(=O)CC[C@@H]12. The predicted octanol–water partition coefficient (Wildman–Crippen LogP) is 4.96. The second-order valence-corrected chi connectivity index (χ2v) is 11.1. The Balaban J connectivity index is 1.36. The first-order chi connectivity index (χ1) is 14.7. The summed E-state index contributed by atoms with van der Waals surface area (Å²) in [4.78, 5) is 23.2. The van der Waals surface area contributed by atoms with E-state index in [1.54, 1.807) is 12.1 Å². The van der Waals surface area contributed by atoms with Gasteiger partial charge in [0.1, 0.15) is 5.78 Å². The lowest BCUT2D eigenvalue weighted by molar-refractivity contribution is -0.384. The molecule has 0 heterocycles. The third kappa shape index (κ3) is 3.21. The number of nitrogens with one attached hydrogen (secondary N) is 1. The van der Waals surface area contributed by atoms with Crippen LogP contribution in [-0.2, 0) is 4.79 Å². The van der Waals surface area contributed by atoms with Crippen LogP contribution >= 0.6 is 0 Å². The number of fused-ring (bicyclic) bond motifs is 5. The molecular weight excluding hydrogens is 392 g/mol. The van der Waals surface area contributed by atoms with E-state index in [0.29, 0.717) is 29.5 Å². The first-order valence-corrected chi connectivity index (χ1v) is 11.9. The summed E-state index contributed by atoms with van der Waals surface area (Å²) in [5.41, 5.74) is 0.956. The van der Waals surface area contributed by atoms with E-state index in [0.717, 1.165) is 50.6 Å². The highest BCUT2D eigenvalue weighted by Gasteiger charge is 2.61. The fourth-order valence-electron chi connectivity index (χ4n) is 8.12. The molecule has 5 rings (SSSR count). The number of benzene rings is 1. The molecule has 0 amide bonds. The predicted molar refractivity (Wildman–Crippen MR) is 119 cm³/mol. The Labute approximate surface area is 184 Å². The maximum atomic E-state index is 12.6. The molecule has 0 saturated heterocycles. The van der Waals surface area contributed by atoms with Gasteiger partial charge in [-0.25, -0.2) is 0 Å². The minimum absolute atomic E-state index is 0.0556. The Morgan fingerprint density at radius 2 is 1.84 bits per heavy atom. The lowest BCUT2D eigenvalue weighted by Gasteiger charge is -2.61. The number of nitrogens with zero attached hydrogens (tertiary/aromatic N) is 1. The van der Waals surface area contributed by atoms with Crippen LogP contribution in [0.2, 0.25) is 0 Å². The minimum atomic E-state index is -0.410. The maximum absolute atomic E-state index is 12.6. The molecule has 0 aromatic heterocycles. The minimum Gasteiger partial charge on any atom is -0.391 e. The van der Waals surface area contributed by atoms with Crippen molar-refractivity contribution in [2.24, 2.45) is 34.5 Å². The fourth-order valence-corrected chi connectivity index (χ4v) is 8.12. The summed E-state index contributed by atoms with van der Waals surface area (Å²) >= 11 is 0. The van der Waals surface area contributed by atoms with Crippen LogP contribution in [0.1, 0.15) is 65.2 Å². The zero-order valence-electron chi connectivity index (χ0n) is 18.5. The molecular formula is C25H34N2O4. The van der Waals surface area contributed by atoms with Crippen molar-refractivity contribution in [1.82, 2.24) is 0 Å². The molecule has 4 aliphatic rings. The Bertz CT molecular complexity index is 886. The molecule has 1 aromatic rings. The number of ketones is 1. The lowest BCUT2D eigenvalue weighted by Crippen LogP contribution is -2.57. The van der Waals surface area contributed by atoms with E-state index in [1.165, 1.54) is 18.6 Å². The van der Waals surface area contributed by atoms with E-state index in [9.17, 15) is 20.0 Å². The number of carbonyl (C=O) groups is 1. The fraction of sp³-hybridized carbons (Fsp3) is 0.720. The third-order valence-corrected chi connectivity index (χ3v) is 9.85. The number of aliphatic hydroxyl groups is 1. The van der Waals surface area contributed by atoms with Crippen LogP contribution in [0.15, 0.2) is 24.3 Å². The second-order valence-electron chi connectivity index (χ2n) is 11.1. The highest BCUT2D eigenvalue weighted by atomic mass is 16.6. The Kier molecular flexibility index (Phi) is 4.92. The van der Waals surface area contributed by atoms with Gasteiger partial charge in [-0.05, 0) is 86.2 Å². The average molecular weight is 427 g/mol. The summed E-state index contributed by atoms with van der Waals surface area (Å²) in [5, 5.41) is 25.4. The van der Waals surface area contributed by atoms with Gasteiger partial charge in [0.25, 0.3) is 5.69 Å². The van der Waals surface area contributed by atoms with Gasteiger partial charge in [-0.3, -0.25) is 14.9 Å². The molecule has 0 spiro atoms. The van der Waals surface area contributed by atoms with Gasteiger partial charge in [0.2, 0.25) is 0 Å². The van der Waals surface area contributed by atoms with Crippen molar-refractivity contribution in [1.29, 1.82) is 0 Å². The average Bonchev–Trinajstić information content (AvgIpc) is 3.04. The second kappa shape index (κ2) is 7.29. The molecule has 0 aliphatic heterocycles. The van der Waals surface area contributed by atoms with Crippen LogP contribution in [0.5, 0.6) is 0 Å². The molecule has 1 aromatic carbocycles. The number of hydrogen-bond donors (Lipinski definition) is 2. The molecule has 4 saturated carbocycles. The standard InChI is InChI=1S/C25H34N2O4/c1-24-12-11-20-18(19(24)9-10-23(24)29)8-3-15-13-22(28)21(14-25(15,20)2)26-16-4-6-17(7-5-16)27(30)31/h4-7,15,18-22,26,28H,3,8-14H2,1-2H3/t15-,18-,19-,20-,21-,22-,24-,25-/m0/s1. The molecule has 0 radical (unpaired) electrons. The maximum Gasteiger partial charge on any atom is 0.269 e. The van der Waals surface area contributed by atoms with E-state index in [-0.39, 0.29) is 22.6 Å². The number of rotatable bonds is 3. The summed E-state index contributed by atoms with van der Waals surface area (Å²) in [7, 11) is 0. The quantitative estimate of drug-likeness (QED) is 0.526. The summed E-state index contributed by atoms with van der Waals surface area (Å²) in [6.45, 7) is 4.66. The van der Waals surface area contributed by atoms with E-state index in [1.807, 2.05) is 0 Å². The molecule has 4 aliphatic carbocycles. The highest BCUT2D eigenvalue weighted by molar-refractivity contribution is 5.87. The molecule has 0 unspecified atom stereocenters. The largest absolute Gasteiger partial charge is 0.391 e. The zero-order valence-corrected chi connectivity index (χ0v) is 18.5. The van der Waals surface area contributed by atoms with Crippen molar-refractivity contribution < 1.29 is 14.8 Å². The van der Waals surface area contributed by atoms with Gasteiger partial charge in [0.15, 0.2) is 0 Å². The van der Waals surface area contributed by atoms with Crippen LogP contribution in [0.3, 0.4) is 0 Å². The van der Waals surface area contributed by atoms with Crippen LogP contribution < -0.4 is 5.32 Å². The van der Waals surface area contributed by atoms with Crippen molar-refractivity contribution in [3.63, 3.8) is 0 Å². The molecule has 0 bridgehead atoms. The van der Waals surface area contributed by atoms with E-state index >= 15 is 0 Å². The van der Waals surface area contributed by atoms with Gasteiger partial charge >= 0.3 is 0 Å². The number of carbonyl (C=O) groups excluding carboxylic acids is 1. The highest BCUT2D eigenvalue weighted by Crippen LogP contribution is 2.65. The van der Waals surface area contributed by atoms with Crippen molar-refractivity contribution in [2.45, 2.75) is 77.4 Å². The van der Waals surface area contributed by atoms with Gasteiger partial charge < -0.3 is 10.4 Å². The Morgan fingerprint density at radius 1 is 1.10 bits per heavy atom. The lowest BCUT2D eigenvalue weighted by atomic mass is 9.44.